The van der Waals surface area contributed by atoms with Gasteiger partial charge in [-0.15, -0.1) is 0 Å². The second-order valence-electron chi connectivity index (χ2n) is 9.84. The molecule has 0 unspecified atom stereocenters. The largest absolute Gasteiger partial charge is 0.454 e. The number of carbonyl (C=O) groups is 4. The molecule has 4 amide bonds. The molecule has 4 rings (SSSR count). The number of ether oxygens (including phenoxy) is 1. The highest BCUT2D eigenvalue weighted by Crippen LogP contribution is 2.46. The summed E-state index contributed by atoms with van der Waals surface area (Å²) in [7, 11) is 0. The van der Waals surface area contributed by atoms with Crippen LogP contribution in [0, 0.1) is 11.3 Å². The molecular formula is C23H29N3O5. The van der Waals surface area contributed by atoms with Crippen molar-refractivity contribution in [3.63, 3.8) is 0 Å². The number of fused-ring (bicyclic) bond motifs is 1. The van der Waals surface area contributed by atoms with Gasteiger partial charge in [-0.2, -0.15) is 0 Å². The van der Waals surface area contributed by atoms with E-state index in [-0.39, 0.29) is 23.1 Å². The van der Waals surface area contributed by atoms with Crippen LogP contribution in [0.15, 0.2) is 24.3 Å². The fourth-order valence-electron chi connectivity index (χ4n) is 5.64. The van der Waals surface area contributed by atoms with E-state index < -0.39 is 30.7 Å². The molecule has 2 aliphatic heterocycles. The first-order chi connectivity index (χ1) is 14.6. The molecule has 31 heavy (non-hydrogen) atoms. The van der Waals surface area contributed by atoms with Crippen LogP contribution in [0.5, 0.6) is 0 Å². The highest BCUT2D eigenvalue weighted by atomic mass is 16.5. The maximum Gasteiger partial charge on any atom is 0.326 e. The zero-order valence-electron chi connectivity index (χ0n) is 18.3. The van der Waals surface area contributed by atoms with E-state index in [2.05, 4.69) is 26.1 Å². The number of rotatable bonds is 4. The maximum absolute atomic E-state index is 13.1. The normalized spacial score (nSPS) is 26.7. The van der Waals surface area contributed by atoms with E-state index in [1.807, 2.05) is 24.3 Å². The van der Waals surface area contributed by atoms with Gasteiger partial charge in [0, 0.05) is 12.2 Å². The van der Waals surface area contributed by atoms with Crippen molar-refractivity contribution >= 4 is 29.5 Å². The smallest absolute Gasteiger partial charge is 0.326 e. The van der Waals surface area contributed by atoms with Crippen molar-refractivity contribution in [2.45, 2.75) is 52.0 Å². The van der Waals surface area contributed by atoms with Crippen molar-refractivity contribution in [1.82, 2.24) is 10.2 Å². The Morgan fingerprint density at radius 1 is 1.19 bits per heavy atom. The van der Waals surface area contributed by atoms with Gasteiger partial charge in [-0.05, 0) is 48.6 Å². The molecule has 2 fully saturated rings. The molecule has 166 valence electrons. The number of anilines is 1. The van der Waals surface area contributed by atoms with Crippen molar-refractivity contribution in [1.29, 1.82) is 0 Å². The number of urea groups is 1. The van der Waals surface area contributed by atoms with Gasteiger partial charge in [-0.1, -0.05) is 39.0 Å². The van der Waals surface area contributed by atoms with Gasteiger partial charge < -0.3 is 15.0 Å². The van der Waals surface area contributed by atoms with Gasteiger partial charge in [0.05, 0.1) is 0 Å². The van der Waals surface area contributed by atoms with Gasteiger partial charge in [0.1, 0.15) is 12.1 Å². The number of amides is 4. The number of nitrogens with one attached hydrogen (secondary N) is 1. The molecule has 8 nitrogen and oxygen atoms in total. The van der Waals surface area contributed by atoms with Crippen molar-refractivity contribution < 1.29 is 23.9 Å². The van der Waals surface area contributed by atoms with Crippen LogP contribution in [-0.4, -0.2) is 54.0 Å². The number of para-hydroxylation sites is 1. The van der Waals surface area contributed by atoms with Crippen LogP contribution in [-0.2, 0) is 25.5 Å². The Bertz CT molecular complexity index is 943. The van der Waals surface area contributed by atoms with E-state index in [1.54, 1.807) is 4.90 Å². The third-order valence-corrected chi connectivity index (χ3v) is 6.46. The summed E-state index contributed by atoms with van der Waals surface area (Å²) in [5.74, 6) is -1.20. The zero-order valence-corrected chi connectivity index (χ0v) is 18.3. The number of benzene rings is 1. The van der Waals surface area contributed by atoms with Gasteiger partial charge >= 0.3 is 12.0 Å². The average Bonchev–Trinajstić information content (AvgIpc) is 3.20. The number of hydrogen-bond acceptors (Lipinski definition) is 5. The zero-order chi connectivity index (χ0) is 22.4. The Labute approximate surface area is 181 Å². The molecule has 0 aromatic heterocycles. The number of carbonyl (C=O) groups excluding carboxylic acids is 4. The summed E-state index contributed by atoms with van der Waals surface area (Å²) in [6, 6.07) is 7.03. The fourth-order valence-corrected chi connectivity index (χ4v) is 5.64. The SMILES string of the molecule is C[C@H]1CC(C)(C)C[C@]2(C1)NC(=O)N(CC(=O)OCC(=O)N1CCc3ccccc31)C2=O. The van der Waals surface area contributed by atoms with Crippen molar-refractivity contribution in [3.05, 3.63) is 29.8 Å². The molecule has 2 heterocycles. The van der Waals surface area contributed by atoms with Crippen molar-refractivity contribution in [3.8, 4) is 0 Å². The predicted molar refractivity (Wildman–Crippen MR) is 113 cm³/mol. The monoisotopic (exact) mass is 427 g/mol. The number of hydrogen-bond donors (Lipinski definition) is 1. The highest BCUT2D eigenvalue weighted by Gasteiger charge is 2.56. The van der Waals surface area contributed by atoms with E-state index in [0.29, 0.717) is 19.4 Å². The second kappa shape index (κ2) is 7.66. The first-order valence-electron chi connectivity index (χ1n) is 10.8. The van der Waals surface area contributed by atoms with Crippen LogP contribution in [0.2, 0.25) is 0 Å². The molecule has 0 bridgehead atoms. The third-order valence-electron chi connectivity index (χ3n) is 6.46. The lowest BCUT2D eigenvalue weighted by Crippen LogP contribution is -2.54. The lowest BCUT2D eigenvalue weighted by atomic mass is 9.64. The van der Waals surface area contributed by atoms with Gasteiger partial charge in [0.25, 0.3) is 11.8 Å². The van der Waals surface area contributed by atoms with E-state index >= 15 is 0 Å². The molecule has 1 saturated heterocycles. The van der Waals surface area contributed by atoms with Gasteiger partial charge in [0.2, 0.25) is 0 Å². The summed E-state index contributed by atoms with van der Waals surface area (Å²) < 4.78 is 5.12. The average molecular weight is 428 g/mol. The van der Waals surface area contributed by atoms with E-state index in [9.17, 15) is 19.2 Å². The molecule has 1 saturated carbocycles. The molecule has 0 radical (unpaired) electrons. The Kier molecular flexibility index (Phi) is 5.27. The quantitative estimate of drug-likeness (QED) is 0.587. The second-order valence-corrected chi connectivity index (χ2v) is 9.84. The molecule has 1 aromatic rings. The minimum atomic E-state index is -0.965. The van der Waals surface area contributed by atoms with E-state index in [1.165, 1.54) is 0 Å². The van der Waals surface area contributed by atoms with Gasteiger partial charge in [-0.25, -0.2) is 4.79 Å². The number of esters is 1. The van der Waals surface area contributed by atoms with Crippen LogP contribution >= 0.6 is 0 Å². The summed E-state index contributed by atoms with van der Waals surface area (Å²) in [5.41, 5.74) is 0.855. The summed E-state index contributed by atoms with van der Waals surface area (Å²) in [5, 5.41) is 2.84. The summed E-state index contributed by atoms with van der Waals surface area (Å²) in [4.78, 5) is 53.0. The molecular weight excluding hydrogens is 398 g/mol. The lowest BCUT2D eigenvalue weighted by molar-refractivity contribution is -0.151. The van der Waals surface area contributed by atoms with Gasteiger partial charge in [0.15, 0.2) is 6.61 Å². The van der Waals surface area contributed by atoms with E-state index in [0.717, 1.165) is 29.0 Å². The summed E-state index contributed by atoms with van der Waals surface area (Å²) in [6.45, 7) is 5.86. The molecule has 1 N–H and O–H groups in total. The topological polar surface area (TPSA) is 96.0 Å². The summed E-state index contributed by atoms with van der Waals surface area (Å²) >= 11 is 0. The molecule has 8 heteroatoms. The van der Waals surface area contributed by atoms with Crippen LogP contribution in [0.3, 0.4) is 0 Å². The fraction of sp³-hybridized carbons (Fsp3) is 0.565. The molecule has 1 aromatic carbocycles. The number of imide groups is 1. The van der Waals surface area contributed by atoms with Gasteiger partial charge in [-0.3, -0.25) is 19.3 Å². The minimum absolute atomic E-state index is 0.0877. The van der Waals surface area contributed by atoms with Crippen LogP contribution in [0.1, 0.15) is 45.6 Å². The Morgan fingerprint density at radius 3 is 2.68 bits per heavy atom. The third kappa shape index (κ3) is 4.03. The van der Waals surface area contributed by atoms with Crippen molar-refractivity contribution in [2.75, 3.05) is 24.6 Å². The van der Waals surface area contributed by atoms with Crippen molar-refractivity contribution in [2.24, 2.45) is 11.3 Å². The molecule has 3 aliphatic rings. The van der Waals surface area contributed by atoms with Crippen LogP contribution in [0.25, 0.3) is 0 Å². The summed E-state index contributed by atoms with van der Waals surface area (Å²) in [6.07, 6.45) is 2.82. The molecule has 1 spiro atoms. The Morgan fingerprint density at radius 2 is 1.94 bits per heavy atom. The highest BCUT2D eigenvalue weighted by molar-refractivity contribution is 6.09. The molecule has 2 atom stereocenters. The van der Waals surface area contributed by atoms with Crippen LogP contribution in [0.4, 0.5) is 10.5 Å². The standard InChI is InChI=1S/C23H29N3O5/c1-15-10-22(2,3)14-23(11-15)20(29)26(21(30)24-23)12-19(28)31-13-18(27)25-9-8-16-6-4-5-7-17(16)25/h4-7,15H,8-14H2,1-3H3,(H,24,30)/t15-,23-/m0/s1. The van der Waals surface area contributed by atoms with E-state index in [4.69, 9.17) is 4.74 Å². The Balaban J connectivity index is 1.35. The minimum Gasteiger partial charge on any atom is -0.454 e. The molecule has 1 aliphatic carbocycles. The maximum atomic E-state index is 13.1. The Hall–Kier alpha value is -2.90. The first-order valence-corrected chi connectivity index (χ1v) is 10.8. The first kappa shape index (κ1) is 21.3. The predicted octanol–water partition coefficient (Wildman–Crippen LogP) is 2.26. The van der Waals surface area contributed by atoms with Crippen LogP contribution < -0.4 is 10.2 Å². The number of nitrogens with zero attached hydrogens (tertiary/aromatic N) is 2. The lowest BCUT2D eigenvalue weighted by Gasteiger charge is -2.43.